The zero-order valence-electron chi connectivity index (χ0n) is 9.19. The number of hydrogen-bond acceptors (Lipinski definition) is 5. The largest absolute Gasteiger partial charge is 0.381 e. The molecule has 0 aromatic carbocycles. The molecule has 1 aliphatic rings. The topological polar surface area (TPSA) is 60.2 Å². The smallest absolute Gasteiger partial charge is 0.243 e. The number of nitrogens with zero attached hydrogens (tertiary/aromatic N) is 2. The van der Waals surface area contributed by atoms with Crippen LogP contribution in [0.15, 0.2) is 4.52 Å². The number of ether oxygens (including phenoxy) is 1. The van der Waals surface area contributed by atoms with Gasteiger partial charge in [-0.05, 0) is 26.8 Å². The average Bonchev–Trinajstić information content (AvgIpc) is 2.78. The van der Waals surface area contributed by atoms with Gasteiger partial charge in [-0.1, -0.05) is 5.16 Å². The lowest BCUT2D eigenvalue weighted by molar-refractivity contribution is 0.0773. The van der Waals surface area contributed by atoms with E-state index in [1.165, 1.54) is 0 Å². The summed E-state index contributed by atoms with van der Waals surface area (Å²) < 4.78 is 10.6. The van der Waals surface area contributed by atoms with Crippen molar-refractivity contribution in [2.45, 2.75) is 31.7 Å². The van der Waals surface area contributed by atoms with Gasteiger partial charge in [0.25, 0.3) is 0 Å². The van der Waals surface area contributed by atoms with Crippen LogP contribution in [0.4, 0.5) is 0 Å². The minimum absolute atomic E-state index is 0.107. The Labute approximate surface area is 89.2 Å². The fourth-order valence-corrected chi connectivity index (χ4v) is 1.66. The summed E-state index contributed by atoms with van der Waals surface area (Å²) in [5, 5.41) is 7.07. The third-order valence-electron chi connectivity index (χ3n) is 2.79. The van der Waals surface area contributed by atoms with Gasteiger partial charge < -0.3 is 14.6 Å². The van der Waals surface area contributed by atoms with Crippen LogP contribution in [0.3, 0.4) is 0 Å². The van der Waals surface area contributed by atoms with E-state index in [9.17, 15) is 0 Å². The quantitative estimate of drug-likeness (QED) is 0.815. The van der Waals surface area contributed by atoms with E-state index in [1.54, 1.807) is 0 Å². The minimum atomic E-state index is 0.107. The summed E-state index contributed by atoms with van der Waals surface area (Å²) >= 11 is 0. The fraction of sp³-hybridized carbons (Fsp3) is 0.800. The third-order valence-corrected chi connectivity index (χ3v) is 2.79. The molecule has 0 saturated carbocycles. The SMILES string of the molecule is CNC(C)c1nc(C2CCCOC2)no1. The van der Waals surface area contributed by atoms with Crippen LogP contribution >= 0.6 is 0 Å². The molecule has 1 fully saturated rings. The third kappa shape index (κ3) is 2.35. The highest BCUT2D eigenvalue weighted by Crippen LogP contribution is 2.23. The molecule has 2 atom stereocenters. The first-order valence-electron chi connectivity index (χ1n) is 5.39. The highest BCUT2D eigenvalue weighted by Gasteiger charge is 2.22. The van der Waals surface area contributed by atoms with Crippen molar-refractivity contribution >= 4 is 0 Å². The van der Waals surface area contributed by atoms with E-state index in [0.29, 0.717) is 18.4 Å². The normalized spacial score (nSPS) is 24.0. The van der Waals surface area contributed by atoms with Gasteiger partial charge in [-0.3, -0.25) is 0 Å². The highest BCUT2D eigenvalue weighted by atomic mass is 16.5. The van der Waals surface area contributed by atoms with Crippen LogP contribution in [0.1, 0.15) is 43.4 Å². The zero-order valence-corrected chi connectivity index (χ0v) is 9.19. The monoisotopic (exact) mass is 211 g/mol. The van der Waals surface area contributed by atoms with Crippen molar-refractivity contribution in [3.05, 3.63) is 11.7 Å². The number of aromatic nitrogens is 2. The molecule has 2 rings (SSSR count). The molecule has 15 heavy (non-hydrogen) atoms. The summed E-state index contributed by atoms with van der Waals surface area (Å²) in [6.45, 7) is 3.57. The summed E-state index contributed by atoms with van der Waals surface area (Å²) in [4.78, 5) is 4.38. The Morgan fingerprint density at radius 2 is 2.40 bits per heavy atom. The van der Waals surface area contributed by atoms with Gasteiger partial charge in [-0.2, -0.15) is 4.98 Å². The Bertz CT molecular complexity index is 307. The van der Waals surface area contributed by atoms with E-state index < -0.39 is 0 Å². The number of hydrogen-bond donors (Lipinski definition) is 1. The summed E-state index contributed by atoms with van der Waals surface area (Å²) in [7, 11) is 1.87. The molecule has 0 amide bonds. The lowest BCUT2D eigenvalue weighted by atomic mass is 10.0. The Hall–Kier alpha value is -0.940. The lowest BCUT2D eigenvalue weighted by Gasteiger charge is -2.18. The molecule has 0 aliphatic carbocycles. The molecule has 1 N–H and O–H groups in total. The molecule has 0 bridgehead atoms. The molecule has 5 heteroatoms. The molecular weight excluding hydrogens is 194 g/mol. The van der Waals surface area contributed by atoms with Gasteiger partial charge in [0.2, 0.25) is 5.89 Å². The van der Waals surface area contributed by atoms with E-state index in [4.69, 9.17) is 9.26 Å². The van der Waals surface area contributed by atoms with Crippen molar-refractivity contribution < 1.29 is 9.26 Å². The van der Waals surface area contributed by atoms with Gasteiger partial charge in [-0.25, -0.2) is 0 Å². The average molecular weight is 211 g/mol. The zero-order chi connectivity index (χ0) is 10.7. The van der Waals surface area contributed by atoms with E-state index in [0.717, 1.165) is 25.3 Å². The maximum absolute atomic E-state index is 5.40. The van der Waals surface area contributed by atoms with Crippen LogP contribution < -0.4 is 5.32 Å². The van der Waals surface area contributed by atoms with E-state index >= 15 is 0 Å². The minimum Gasteiger partial charge on any atom is -0.381 e. The lowest BCUT2D eigenvalue weighted by Crippen LogP contribution is -2.17. The number of nitrogens with one attached hydrogen (secondary N) is 1. The second-order valence-corrected chi connectivity index (χ2v) is 3.92. The van der Waals surface area contributed by atoms with Crippen LogP contribution in [-0.4, -0.2) is 30.4 Å². The summed E-state index contributed by atoms with van der Waals surface area (Å²) in [6.07, 6.45) is 2.17. The fourth-order valence-electron chi connectivity index (χ4n) is 1.66. The van der Waals surface area contributed by atoms with E-state index in [-0.39, 0.29) is 6.04 Å². The molecule has 1 saturated heterocycles. The molecule has 1 aromatic heterocycles. The van der Waals surface area contributed by atoms with Gasteiger partial charge in [-0.15, -0.1) is 0 Å². The van der Waals surface area contributed by atoms with E-state index in [2.05, 4.69) is 15.5 Å². The predicted molar refractivity (Wildman–Crippen MR) is 54.6 cm³/mol. The first kappa shape index (κ1) is 10.6. The molecule has 5 nitrogen and oxygen atoms in total. The van der Waals surface area contributed by atoms with Crippen molar-refractivity contribution in [1.29, 1.82) is 0 Å². The second-order valence-electron chi connectivity index (χ2n) is 3.92. The van der Waals surface area contributed by atoms with Gasteiger partial charge in [0, 0.05) is 12.5 Å². The van der Waals surface area contributed by atoms with Gasteiger partial charge in [0.05, 0.1) is 12.6 Å². The van der Waals surface area contributed by atoms with Gasteiger partial charge >= 0.3 is 0 Å². The Morgan fingerprint density at radius 3 is 3.07 bits per heavy atom. The first-order valence-corrected chi connectivity index (χ1v) is 5.39. The summed E-state index contributed by atoms with van der Waals surface area (Å²) in [6, 6.07) is 0.107. The summed E-state index contributed by atoms with van der Waals surface area (Å²) in [5.41, 5.74) is 0. The molecule has 1 aliphatic heterocycles. The second kappa shape index (κ2) is 4.72. The Kier molecular flexibility index (Phi) is 3.33. The summed E-state index contributed by atoms with van der Waals surface area (Å²) in [5.74, 6) is 1.74. The van der Waals surface area contributed by atoms with Crippen LogP contribution in [0.25, 0.3) is 0 Å². The van der Waals surface area contributed by atoms with Crippen LogP contribution in [0.5, 0.6) is 0 Å². The molecule has 0 radical (unpaired) electrons. The van der Waals surface area contributed by atoms with Gasteiger partial charge in [0.1, 0.15) is 0 Å². The van der Waals surface area contributed by atoms with Gasteiger partial charge in [0.15, 0.2) is 5.82 Å². The standard InChI is InChI=1S/C10H17N3O2/c1-7(11-2)10-12-9(13-15-10)8-4-3-5-14-6-8/h7-8,11H,3-6H2,1-2H3. The molecule has 2 unspecified atom stereocenters. The van der Waals surface area contributed by atoms with E-state index in [1.807, 2.05) is 14.0 Å². The molecule has 84 valence electrons. The molecular formula is C10H17N3O2. The van der Waals surface area contributed by atoms with Crippen LogP contribution in [-0.2, 0) is 4.74 Å². The van der Waals surface area contributed by atoms with Crippen molar-refractivity contribution in [2.75, 3.05) is 20.3 Å². The maximum Gasteiger partial charge on any atom is 0.243 e. The van der Waals surface area contributed by atoms with Crippen molar-refractivity contribution in [1.82, 2.24) is 15.5 Å². The van der Waals surface area contributed by atoms with Crippen molar-refractivity contribution in [3.8, 4) is 0 Å². The molecule has 2 heterocycles. The maximum atomic E-state index is 5.40. The van der Waals surface area contributed by atoms with Crippen LogP contribution in [0, 0.1) is 0 Å². The molecule has 1 aromatic rings. The Balaban J connectivity index is 2.05. The van der Waals surface area contributed by atoms with Crippen molar-refractivity contribution in [3.63, 3.8) is 0 Å². The predicted octanol–water partition coefficient (Wildman–Crippen LogP) is 1.24. The van der Waals surface area contributed by atoms with Crippen molar-refractivity contribution in [2.24, 2.45) is 0 Å². The molecule has 0 spiro atoms. The number of rotatable bonds is 3. The van der Waals surface area contributed by atoms with Crippen LogP contribution in [0.2, 0.25) is 0 Å². The highest BCUT2D eigenvalue weighted by molar-refractivity contribution is 4.98. The Morgan fingerprint density at radius 1 is 1.53 bits per heavy atom. The first-order chi connectivity index (χ1) is 7.31.